The van der Waals surface area contributed by atoms with Crippen molar-refractivity contribution in [3.05, 3.63) is 29.8 Å². The Bertz CT molecular complexity index is 562. The molecule has 0 spiro atoms. The number of likely N-dealkylation sites (tertiary alicyclic amines) is 1. The predicted molar refractivity (Wildman–Crippen MR) is 82.1 cm³/mol. The van der Waals surface area contributed by atoms with Gasteiger partial charge in [-0.25, -0.2) is 0 Å². The Hall–Kier alpha value is -1.84. The van der Waals surface area contributed by atoms with Gasteiger partial charge in [-0.1, -0.05) is 18.2 Å². The SMILES string of the molecule is CC(=O)N1CCC(C(=O)N2c3ccccc3C[C@@H]2C)CC1. The third kappa shape index (κ3) is 2.55. The molecular weight excluding hydrogens is 264 g/mol. The first kappa shape index (κ1) is 14.1. The van der Waals surface area contributed by atoms with E-state index in [1.54, 1.807) is 6.92 Å². The van der Waals surface area contributed by atoms with Crippen molar-refractivity contribution < 1.29 is 9.59 Å². The zero-order valence-electron chi connectivity index (χ0n) is 12.7. The number of piperidine rings is 1. The van der Waals surface area contributed by atoms with Gasteiger partial charge in [0.05, 0.1) is 0 Å². The Labute approximate surface area is 125 Å². The van der Waals surface area contributed by atoms with E-state index in [4.69, 9.17) is 0 Å². The number of anilines is 1. The summed E-state index contributed by atoms with van der Waals surface area (Å²) in [5.41, 5.74) is 2.34. The number of hydrogen-bond acceptors (Lipinski definition) is 2. The fraction of sp³-hybridized carbons (Fsp3) is 0.529. The van der Waals surface area contributed by atoms with Gasteiger partial charge in [0.1, 0.15) is 0 Å². The maximum Gasteiger partial charge on any atom is 0.230 e. The molecule has 0 unspecified atom stereocenters. The first-order valence-corrected chi connectivity index (χ1v) is 7.74. The zero-order chi connectivity index (χ0) is 15.0. The number of carbonyl (C=O) groups excluding carboxylic acids is 2. The molecule has 21 heavy (non-hydrogen) atoms. The van der Waals surface area contributed by atoms with Crippen LogP contribution in [0, 0.1) is 5.92 Å². The number of carbonyl (C=O) groups is 2. The number of fused-ring (bicyclic) bond motifs is 1. The van der Waals surface area contributed by atoms with Crippen LogP contribution in [0.5, 0.6) is 0 Å². The topological polar surface area (TPSA) is 40.6 Å². The Balaban J connectivity index is 1.73. The van der Waals surface area contributed by atoms with Gasteiger partial charge in [-0.2, -0.15) is 0 Å². The third-order valence-corrected chi connectivity index (χ3v) is 4.73. The molecule has 2 amide bonds. The van der Waals surface area contributed by atoms with E-state index in [9.17, 15) is 9.59 Å². The molecule has 2 aliphatic heterocycles. The molecule has 0 aliphatic carbocycles. The number of nitrogens with zero attached hydrogens (tertiary/aromatic N) is 2. The van der Waals surface area contributed by atoms with Crippen molar-refractivity contribution in [1.29, 1.82) is 0 Å². The van der Waals surface area contributed by atoms with Crippen molar-refractivity contribution in [2.75, 3.05) is 18.0 Å². The van der Waals surface area contributed by atoms with Crippen LogP contribution in [0.2, 0.25) is 0 Å². The lowest BCUT2D eigenvalue weighted by Crippen LogP contribution is -2.45. The fourth-order valence-corrected chi connectivity index (χ4v) is 3.54. The molecule has 1 aromatic carbocycles. The summed E-state index contributed by atoms with van der Waals surface area (Å²) < 4.78 is 0. The summed E-state index contributed by atoms with van der Waals surface area (Å²) in [6.07, 6.45) is 2.50. The molecule has 0 bridgehead atoms. The van der Waals surface area contributed by atoms with Gasteiger partial charge < -0.3 is 9.80 Å². The Morgan fingerprint density at radius 3 is 2.48 bits per heavy atom. The summed E-state index contributed by atoms with van der Waals surface area (Å²) in [6.45, 7) is 5.12. The van der Waals surface area contributed by atoms with Gasteiger partial charge in [-0.3, -0.25) is 9.59 Å². The van der Waals surface area contributed by atoms with Crippen LogP contribution in [0.1, 0.15) is 32.3 Å². The van der Waals surface area contributed by atoms with E-state index in [0.29, 0.717) is 13.1 Å². The molecule has 4 nitrogen and oxygen atoms in total. The van der Waals surface area contributed by atoms with Crippen LogP contribution in [0.15, 0.2) is 24.3 Å². The molecule has 0 N–H and O–H groups in total. The molecule has 0 radical (unpaired) electrons. The normalized spacial score (nSPS) is 22.3. The molecule has 4 heteroatoms. The van der Waals surface area contributed by atoms with E-state index in [0.717, 1.165) is 24.9 Å². The maximum atomic E-state index is 12.9. The van der Waals surface area contributed by atoms with E-state index in [1.807, 2.05) is 28.0 Å². The minimum Gasteiger partial charge on any atom is -0.343 e. The second-order valence-electron chi connectivity index (χ2n) is 6.17. The van der Waals surface area contributed by atoms with Gasteiger partial charge in [0, 0.05) is 37.7 Å². The van der Waals surface area contributed by atoms with Crippen LogP contribution in [0.25, 0.3) is 0 Å². The lowest BCUT2D eigenvalue weighted by atomic mass is 9.95. The molecule has 1 saturated heterocycles. The zero-order valence-corrected chi connectivity index (χ0v) is 12.7. The largest absolute Gasteiger partial charge is 0.343 e. The van der Waals surface area contributed by atoms with Gasteiger partial charge in [0.25, 0.3) is 0 Å². The first-order valence-electron chi connectivity index (χ1n) is 7.74. The van der Waals surface area contributed by atoms with Crippen LogP contribution >= 0.6 is 0 Å². The summed E-state index contributed by atoms with van der Waals surface area (Å²) in [5, 5.41) is 0. The number of amides is 2. The standard InChI is InChI=1S/C17H22N2O2/c1-12-11-15-5-3-4-6-16(15)19(12)17(21)14-7-9-18(10-8-14)13(2)20/h3-6,12,14H,7-11H2,1-2H3/t12-/m0/s1. The lowest BCUT2D eigenvalue weighted by Gasteiger charge is -2.34. The summed E-state index contributed by atoms with van der Waals surface area (Å²) in [6, 6.07) is 8.42. The van der Waals surface area contributed by atoms with Gasteiger partial charge in [0.2, 0.25) is 11.8 Å². The highest BCUT2D eigenvalue weighted by Gasteiger charge is 2.36. The van der Waals surface area contributed by atoms with Crippen LogP contribution < -0.4 is 4.90 Å². The van der Waals surface area contributed by atoms with Crippen LogP contribution in [-0.2, 0) is 16.0 Å². The summed E-state index contributed by atoms with van der Waals surface area (Å²) >= 11 is 0. The smallest absolute Gasteiger partial charge is 0.230 e. The number of benzene rings is 1. The number of hydrogen-bond donors (Lipinski definition) is 0. The Morgan fingerprint density at radius 1 is 1.14 bits per heavy atom. The molecule has 1 aromatic rings. The van der Waals surface area contributed by atoms with E-state index in [-0.39, 0.29) is 23.8 Å². The van der Waals surface area contributed by atoms with Crippen LogP contribution in [0.3, 0.4) is 0 Å². The quantitative estimate of drug-likeness (QED) is 0.794. The fourth-order valence-electron chi connectivity index (χ4n) is 3.54. The average Bonchev–Trinajstić information content (AvgIpc) is 2.82. The second kappa shape index (κ2) is 5.51. The minimum atomic E-state index is 0.0502. The maximum absolute atomic E-state index is 12.9. The number of para-hydroxylation sites is 1. The molecule has 0 saturated carbocycles. The lowest BCUT2D eigenvalue weighted by molar-refractivity contribution is -0.133. The van der Waals surface area contributed by atoms with Gasteiger partial charge in [-0.05, 0) is 37.8 Å². The van der Waals surface area contributed by atoms with Crippen molar-refractivity contribution in [3.8, 4) is 0 Å². The van der Waals surface area contributed by atoms with Crippen LogP contribution in [0.4, 0.5) is 5.69 Å². The summed E-state index contributed by atoms with van der Waals surface area (Å²) in [4.78, 5) is 28.1. The molecule has 3 rings (SSSR count). The molecule has 0 aromatic heterocycles. The summed E-state index contributed by atoms with van der Waals surface area (Å²) in [7, 11) is 0. The van der Waals surface area contributed by atoms with Crippen molar-refractivity contribution in [2.24, 2.45) is 5.92 Å². The Morgan fingerprint density at radius 2 is 1.81 bits per heavy atom. The monoisotopic (exact) mass is 286 g/mol. The van der Waals surface area contributed by atoms with Crippen LogP contribution in [-0.4, -0.2) is 35.8 Å². The third-order valence-electron chi connectivity index (χ3n) is 4.73. The average molecular weight is 286 g/mol. The number of rotatable bonds is 1. The van der Waals surface area contributed by atoms with E-state index in [2.05, 4.69) is 13.0 Å². The van der Waals surface area contributed by atoms with E-state index < -0.39 is 0 Å². The highest BCUT2D eigenvalue weighted by molar-refractivity contribution is 5.97. The minimum absolute atomic E-state index is 0.0502. The molecule has 2 aliphatic rings. The van der Waals surface area contributed by atoms with Crippen molar-refractivity contribution in [1.82, 2.24) is 4.90 Å². The van der Waals surface area contributed by atoms with Crippen molar-refractivity contribution in [3.63, 3.8) is 0 Å². The molecule has 112 valence electrons. The molecule has 1 atom stereocenters. The van der Waals surface area contributed by atoms with Gasteiger partial charge >= 0.3 is 0 Å². The Kier molecular flexibility index (Phi) is 3.70. The van der Waals surface area contributed by atoms with Crippen molar-refractivity contribution >= 4 is 17.5 Å². The highest BCUT2D eigenvalue weighted by Crippen LogP contribution is 2.34. The highest BCUT2D eigenvalue weighted by atomic mass is 16.2. The molecule has 2 heterocycles. The molecular formula is C17H22N2O2. The van der Waals surface area contributed by atoms with Gasteiger partial charge in [-0.15, -0.1) is 0 Å². The first-order chi connectivity index (χ1) is 10.1. The van der Waals surface area contributed by atoms with E-state index >= 15 is 0 Å². The predicted octanol–water partition coefficient (Wildman–Crippen LogP) is 2.22. The second-order valence-corrected chi connectivity index (χ2v) is 6.17. The van der Waals surface area contributed by atoms with Crippen molar-refractivity contribution in [2.45, 2.75) is 39.2 Å². The molecule has 1 fully saturated rings. The van der Waals surface area contributed by atoms with Gasteiger partial charge in [0.15, 0.2) is 0 Å². The van der Waals surface area contributed by atoms with E-state index in [1.165, 1.54) is 5.56 Å². The summed E-state index contributed by atoms with van der Waals surface area (Å²) in [5.74, 6) is 0.394.